The number of benzene rings is 1. The van der Waals surface area contributed by atoms with Crippen LogP contribution in [0.5, 0.6) is 0 Å². The van der Waals surface area contributed by atoms with Gasteiger partial charge in [0.15, 0.2) is 0 Å². The van der Waals surface area contributed by atoms with Gasteiger partial charge in [-0.25, -0.2) is 20.0 Å². The van der Waals surface area contributed by atoms with E-state index < -0.39 is 23.3 Å². The summed E-state index contributed by atoms with van der Waals surface area (Å²) in [5.74, 6) is -0.709. The zero-order chi connectivity index (χ0) is 25.9. The van der Waals surface area contributed by atoms with Crippen LogP contribution in [-0.4, -0.2) is 51.2 Å². The van der Waals surface area contributed by atoms with Gasteiger partial charge in [0, 0.05) is 17.8 Å². The molecule has 2 N–H and O–H groups in total. The molecule has 1 aromatic carbocycles. The van der Waals surface area contributed by atoms with Crippen LogP contribution in [0.25, 0.3) is 0 Å². The SMILES string of the molecule is CC(C)(C)OC(=O)N[C@@H](Cc1nc(Br)cs1)C(=O)N1NC2(C(=O)OCc3ccccc3)CCC1CC2. The summed E-state index contributed by atoms with van der Waals surface area (Å²) < 4.78 is 11.7. The van der Waals surface area contributed by atoms with E-state index >= 15 is 0 Å². The smallest absolute Gasteiger partial charge is 0.408 e. The lowest BCUT2D eigenvalue weighted by Gasteiger charge is -2.52. The number of nitrogens with one attached hydrogen (secondary N) is 2. The number of halogens is 1. The van der Waals surface area contributed by atoms with Gasteiger partial charge in [-0.2, -0.15) is 0 Å². The Bertz CT molecular complexity index is 1100. The van der Waals surface area contributed by atoms with Crippen molar-refractivity contribution in [3.05, 3.63) is 50.9 Å². The van der Waals surface area contributed by atoms with Crippen molar-refractivity contribution < 1.29 is 23.9 Å². The number of nitrogens with zero attached hydrogens (tertiary/aromatic N) is 2. The van der Waals surface area contributed by atoms with Gasteiger partial charge in [-0.3, -0.25) is 9.80 Å². The number of rotatable bonds is 7. The number of hydrogen-bond acceptors (Lipinski definition) is 8. The minimum Gasteiger partial charge on any atom is -0.459 e. The molecule has 1 aliphatic carbocycles. The van der Waals surface area contributed by atoms with Crippen molar-refractivity contribution in [2.45, 2.75) is 82.7 Å². The van der Waals surface area contributed by atoms with E-state index in [1.54, 1.807) is 20.8 Å². The second kappa shape index (κ2) is 10.9. The highest BCUT2D eigenvalue weighted by molar-refractivity contribution is 9.10. The molecular weight excluding hydrogens is 548 g/mol. The Hall–Kier alpha value is -2.50. The molecule has 1 saturated carbocycles. The van der Waals surface area contributed by atoms with Crippen LogP contribution in [0, 0.1) is 0 Å². The molecule has 194 valence electrons. The number of amides is 2. The molecule has 9 nitrogen and oxygen atoms in total. The van der Waals surface area contributed by atoms with E-state index in [1.807, 2.05) is 35.7 Å². The number of carbonyl (C=O) groups is 3. The van der Waals surface area contributed by atoms with Crippen LogP contribution in [0.1, 0.15) is 57.0 Å². The Morgan fingerprint density at radius 2 is 1.94 bits per heavy atom. The zero-order valence-electron chi connectivity index (χ0n) is 20.6. The molecule has 2 aromatic rings. The molecule has 0 unspecified atom stereocenters. The molecule has 36 heavy (non-hydrogen) atoms. The van der Waals surface area contributed by atoms with Crippen molar-refractivity contribution in [1.29, 1.82) is 0 Å². The first-order chi connectivity index (χ1) is 17.0. The standard InChI is InChI=1S/C25H31BrN4O5S/c1-24(2,3)35-23(33)27-18(13-20-28-19(26)15-36-20)21(31)30-17-9-11-25(29-30,12-10-17)22(32)34-14-16-7-5-4-6-8-16/h4-8,15,17-18,29H,9-14H2,1-3H3,(H,27,33)/t17?,18-,25?/m0/s1. The molecule has 2 aliphatic heterocycles. The maximum absolute atomic E-state index is 13.8. The minimum atomic E-state index is -0.972. The number of hydrogen-bond donors (Lipinski definition) is 2. The third kappa shape index (κ3) is 6.43. The van der Waals surface area contributed by atoms with Crippen molar-refractivity contribution in [3.8, 4) is 0 Å². The van der Waals surface area contributed by atoms with Gasteiger partial charge in [0.05, 0.1) is 5.01 Å². The van der Waals surface area contributed by atoms with Gasteiger partial charge in [-0.05, 0) is 67.9 Å². The van der Waals surface area contributed by atoms with Gasteiger partial charge in [0.1, 0.15) is 28.4 Å². The van der Waals surface area contributed by atoms with Crippen LogP contribution >= 0.6 is 27.3 Å². The Labute approximate surface area is 223 Å². The molecule has 3 heterocycles. The fourth-order valence-electron chi connectivity index (χ4n) is 4.51. The number of aromatic nitrogens is 1. The molecule has 0 spiro atoms. The molecule has 3 fully saturated rings. The van der Waals surface area contributed by atoms with Crippen LogP contribution in [0.4, 0.5) is 4.79 Å². The minimum absolute atomic E-state index is 0.0766. The largest absolute Gasteiger partial charge is 0.459 e. The molecule has 2 saturated heterocycles. The predicted molar refractivity (Wildman–Crippen MR) is 138 cm³/mol. The number of fused-ring (bicyclic) bond motifs is 3. The molecule has 2 amide bonds. The third-order valence-corrected chi connectivity index (χ3v) is 7.82. The van der Waals surface area contributed by atoms with Gasteiger partial charge in [0.2, 0.25) is 0 Å². The van der Waals surface area contributed by atoms with Crippen molar-refractivity contribution in [2.24, 2.45) is 0 Å². The highest BCUT2D eigenvalue weighted by atomic mass is 79.9. The highest BCUT2D eigenvalue weighted by Crippen LogP contribution is 2.38. The quantitative estimate of drug-likeness (QED) is 0.475. The van der Waals surface area contributed by atoms with E-state index in [1.165, 1.54) is 16.3 Å². The number of thiazole rings is 1. The van der Waals surface area contributed by atoms with Gasteiger partial charge < -0.3 is 14.8 Å². The summed E-state index contributed by atoms with van der Waals surface area (Å²) in [6, 6.07) is 8.50. The van der Waals surface area contributed by atoms with Gasteiger partial charge >= 0.3 is 12.1 Å². The van der Waals surface area contributed by atoms with Crippen LogP contribution in [0.2, 0.25) is 0 Å². The molecule has 1 atom stereocenters. The number of esters is 1. The fourth-order valence-corrected chi connectivity index (χ4v) is 5.82. The number of carbonyl (C=O) groups excluding carboxylic acids is 3. The maximum atomic E-state index is 13.8. The van der Waals surface area contributed by atoms with Crippen molar-refractivity contribution >= 4 is 45.2 Å². The van der Waals surface area contributed by atoms with Crippen molar-refractivity contribution in [2.75, 3.05) is 0 Å². The first-order valence-electron chi connectivity index (χ1n) is 12.0. The molecule has 0 radical (unpaired) electrons. The highest BCUT2D eigenvalue weighted by Gasteiger charge is 2.52. The molecule has 5 rings (SSSR count). The molecule has 1 aromatic heterocycles. The molecule has 11 heteroatoms. The average molecular weight is 580 g/mol. The lowest BCUT2D eigenvalue weighted by Crippen LogP contribution is -2.72. The van der Waals surface area contributed by atoms with Crippen LogP contribution in [-0.2, 0) is 32.1 Å². The summed E-state index contributed by atoms with van der Waals surface area (Å²) in [6.45, 7) is 5.45. The van der Waals surface area contributed by atoms with E-state index in [0.717, 1.165) is 5.56 Å². The van der Waals surface area contributed by atoms with E-state index in [2.05, 4.69) is 31.7 Å². The average Bonchev–Trinajstić information content (AvgIpc) is 3.26. The monoisotopic (exact) mass is 578 g/mol. The predicted octanol–water partition coefficient (Wildman–Crippen LogP) is 4.11. The summed E-state index contributed by atoms with van der Waals surface area (Å²) in [6.07, 6.45) is 2.01. The fraction of sp³-hybridized carbons (Fsp3) is 0.520. The Morgan fingerprint density at radius 1 is 1.25 bits per heavy atom. The van der Waals surface area contributed by atoms with Crippen LogP contribution in [0.3, 0.4) is 0 Å². The van der Waals surface area contributed by atoms with Crippen molar-refractivity contribution in [1.82, 2.24) is 20.7 Å². The van der Waals surface area contributed by atoms with E-state index in [9.17, 15) is 14.4 Å². The lowest BCUT2D eigenvalue weighted by molar-refractivity contribution is -0.172. The zero-order valence-corrected chi connectivity index (χ0v) is 23.0. The number of alkyl carbamates (subject to hydrolysis) is 1. The first kappa shape index (κ1) is 26.6. The van der Waals surface area contributed by atoms with Gasteiger partial charge in [0.25, 0.3) is 5.91 Å². The van der Waals surface area contributed by atoms with Gasteiger partial charge in [-0.1, -0.05) is 30.3 Å². The topological polar surface area (TPSA) is 110 Å². The first-order valence-corrected chi connectivity index (χ1v) is 13.6. The van der Waals surface area contributed by atoms with Crippen molar-refractivity contribution in [3.63, 3.8) is 0 Å². The summed E-state index contributed by atoms with van der Waals surface area (Å²) in [4.78, 5) is 43.9. The van der Waals surface area contributed by atoms with E-state index in [4.69, 9.17) is 9.47 Å². The summed E-state index contributed by atoms with van der Waals surface area (Å²) in [5, 5.41) is 6.75. The number of hydrazine groups is 1. The summed E-state index contributed by atoms with van der Waals surface area (Å²) in [7, 11) is 0. The second-order valence-corrected chi connectivity index (χ2v) is 11.9. The molecular formula is C25H31BrN4O5S. The Kier molecular flexibility index (Phi) is 8.01. The normalized spacial score (nSPS) is 22.1. The van der Waals surface area contributed by atoms with Gasteiger partial charge in [-0.15, -0.1) is 11.3 Å². The number of ether oxygens (including phenoxy) is 2. The van der Waals surface area contributed by atoms with Crippen LogP contribution < -0.4 is 10.7 Å². The molecule has 3 aliphatic rings. The molecule has 2 bridgehead atoms. The van der Waals surface area contributed by atoms with E-state index in [-0.39, 0.29) is 30.9 Å². The lowest BCUT2D eigenvalue weighted by atomic mass is 9.77. The Balaban J connectivity index is 1.48. The maximum Gasteiger partial charge on any atom is 0.408 e. The third-order valence-electron chi connectivity index (χ3n) is 6.24. The second-order valence-electron chi connectivity index (χ2n) is 10.2. The van der Waals surface area contributed by atoms with Crippen LogP contribution in [0.15, 0.2) is 40.3 Å². The summed E-state index contributed by atoms with van der Waals surface area (Å²) >= 11 is 4.73. The summed E-state index contributed by atoms with van der Waals surface area (Å²) in [5.41, 5.74) is 2.40. The Morgan fingerprint density at radius 3 is 2.56 bits per heavy atom. The van der Waals surface area contributed by atoms with E-state index in [0.29, 0.717) is 35.3 Å².